The number of hydrogen-bond donors (Lipinski definition) is 1. The molecule has 6 nitrogen and oxygen atoms in total. The monoisotopic (exact) mass is 346 g/mol. The van der Waals surface area contributed by atoms with Gasteiger partial charge in [0.05, 0.1) is 0 Å². The number of imidazole rings is 1. The van der Waals surface area contributed by atoms with Crippen molar-refractivity contribution >= 4 is 0 Å². The Labute approximate surface area is 141 Å². The fourth-order valence-electron chi connectivity index (χ4n) is 3.10. The number of benzene rings is 1. The molecule has 3 heterocycles. The Kier molecular flexibility index (Phi) is 3.96. The largest absolute Gasteiger partial charge is 0.360 e. The first-order valence-corrected chi connectivity index (χ1v) is 8.01. The highest BCUT2D eigenvalue weighted by atomic mass is 19.2. The number of nitrogens with one attached hydrogen (secondary N) is 1. The van der Waals surface area contributed by atoms with Crippen molar-refractivity contribution in [2.24, 2.45) is 0 Å². The van der Waals surface area contributed by atoms with Crippen molar-refractivity contribution in [2.75, 3.05) is 13.1 Å². The van der Waals surface area contributed by atoms with Crippen molar-refractivity contribution in [3.8, 4) is 11.3 Å². The second-order valence-corrected chi connectivity index (χ2v) is 6.05. The second kappa shape index (κ2) is 6.29. The summed E-state index contributed by atoms with van der Waals surface area (Å²) in [6.07, 6.45) is 4.01. The van der Waals surface area contributed by atoms with Crippen molar-refractivity contribution in [1.82, 2.24) is 19.6 Å². The molecule has 0 unspecified atom stereocenters. The van der Waals surface area contributed by atoms with Crippen LogP contribution in [0.4, 0.5) is 8.78 Å². The number of fused-ring (bicyclic) bond motifs is 1. The molecule has 0 aliphatic carbocycles. The van der Waals surface area contributed by atoms with Crippen molar-refractivity contribution in [3.63, 3.8) is 0 Å². The van der Waals surface area contributed by atoms with Crippen LogP contribution in [-0.2, 0) is 19.5 Å². The number of aromatic amines is 1. The van der Waals surface area contributed by atoms with E-state index in [-0.39, 0.29) is 5.69 Å². The third-order valence-corrected chi connectivity index (χ3v) is 4.48. The van der Waals surface area contributed by atoms with E-state index in [1.54, 1.807) is 17.0 Å². The van der Waals surface area contributed by atoms with Gasteiger partial charge in [0.2, 0.25) is 0 Å². The molecule has 1 aliphatic rings. The summed E-state index contributed by atoms with van der Waals surface area (Å²) in [4.78, 5) is 16.3. The molecule has 1 aliphatic heterocycles. The molecule has 3 aromatic rings. The molecule has 0 saturated carbocycles. The highest BCUT2D eigenvalue weighted by Gasteiger charge is 2.25. The van der Waals surface area contributed by atoms with Gasteiger partial charge in [0.1, 0.15) is 11.5 Å². The van der Waals surface area contributed by atoms with E-state index in [2.05, 4.69) is 15.0 Å². The Balaban J connectivity index is 1.54. The molecule has 130 valence electrons. The maximum Gasteiger partial charge on any atom is 0.325 e. The second-order valence-electron chi connectivity index (χ2n) is 6.05. The lowest BCUT2D eigenvalue weighted by Crippen LogP contribution is -2.34. The minimum atomic E-state index is -0.909. The number of nitrogens with zero attached hydrogens (tertiary/aromatic N) is 3. The van der Waals surface area contributed by atoms with Gasteiger partial charge in [0, 0.05) is 56.1 Å². The van der Waals surface area contributed by atoms with Gasteiger partial charge in [-0.2, -0.15) is 0 Å². The molecule has 1 aromatic carbocycles. The Morgan fingerprint density at radius 1 is 1.24 bits per heavy atom. The zero-order chi connectivity index (χ0) is 17.4. The third-order valence-electron chi connectivity index (χ3n) is 4.48. The molecule has 25 heavy (non-hydrogen) atoms. The molecule has 0 amide bonds. The predicted molar refractivity (Wildman–Crippen MR) is 85.9 cm³/mol. The van der Waals surface area contributed by atoms with E-state index < -0.39 is 11.6 Å². The smallest absolute Gasteiger partial charge is 0.325 e. The van der Waals surface area contributed by atoms with Crippen molar-refractivity contribution in [3.05, 3.63) is 64.0 Å². The summed E-state index contributed by atoms with van der Waals surface area (Å²) in [6, 6.07) is 3.71. The minimum Gasteiger partial charge on any atom is -0.360 e. The van der Waals surface area contributed by atoms with E-state index in [0.29, 0.717) is 37.3 Å². The van der Waals surface area contributed by atoms with E-state index >= 15 is 0 Å². The summed E-state index contributed by atoms with van der Waals surface area (Å²) in [5.41, 5.74) is 1.79. The molecule has 0 spiro atoms. The third kappa shape index (κ3) is 3.00. The average molecular weight is 346 g/mol. The van der Waals surface area contributed by atoms with Crippen LogP contribution < -0.4 is 5.69 Å². The van der Waals surface area contributed by atoms with E-state index in [0.717, 1.165) is 30.0 Å². The van der Waals surface area contributed by atoms with E-state index in [9.17, 15) is 13.6 Å². The van der Waals surface area contributed by atoms with Crippen molar-refractivity contribution in [1.29, 1.82) is 0 Å². The van der Waals surface area contributed by atoms with Gasteiger partial charge in [-0.3, -0.25) is 9.47 Å². The summed E-state index contributed by atoms with van der Waals surface area (Å²) in [6.45, 7) is 2.65. The Morgan fingerprint density at radius 3 is 2.88 bits per heavy atom. The SMILES string of the molecule is O=c1[nH]ccn1CCN1CCc2onc(-c3ccc(F)c(F)c3)c2C1. The lowest BCUT2D eigenvalue weighted by Gasteiger charge is -2.26. The Bertz CT molecular complexity index is 960. The number of aromatic nitrogens is 3. The van der Waals surface area contributed by atoms with Crippen LogP contribution in [0.3, 0.4) is 0 Å². The molecular weight excluding hydrogens is 330 g/mol. The standard InChI is InChI=1S/C17H16F2N4O2/c18-13-2-1-11(9-14(13)19)16-12-10-22(5-3-15(12)25-21-16)7-8-23-6-4-20-17(23)24/h1-2,4,6,9H,3,5,7-8,10H2,(H,20,24). The van der Waals surface area contributed by atoms with Gasteiger partial charge < -0.3 is 9.51 Å². The normalized spacial score (nSPS) is 14.6. The van der Waals surface area contributed by atoms with Crippen LogP contribution in [0.15, 0.2) is 39.9 Å². The average Bonchev–Trinajstić information content (AvgIpc) is 3.21. The van der Waals surface area contributed by atoms with E-state index in [4.69, 9.17) is 4.52 Å². The molecule has 0 saturated heterocycles. The van der Waals surface area contributed by atoms with Crippen LogP contribution in [0, 0.1) is 11.6 Å². The van der Waals surface area contributed by atoms with Gasteiger partial charge in [-0.1, -0.05) is 5.16 Å². The first-order valence-electron chi connectivity index (χ1n) is 8.01. The van der Waals surface area contributed by atoms with Crippen LogP contribution in [0.1, 0.15) is 11.3 Å². The Hall–Kier alpha value is -2.74. The van der Waals surface area contributed by atoms with E-state index in [1.807, 2.05) is 0 Å². The summed E-state index contributed by atoms with van der Waals surface area (Å²) in [5, 5.41) is 4.05. The highest BCUT2D eigenvalue weighted by molar-refractivity contribution is 5.63. The number of halogens is 2. The van der Waals surface area contributed by atoms with Gasteiger partial charge in [-0.05, 0) is 18.2 Å². The molecule has 0 radical (unpaired) electrons. The topological polar surface area (TPSA) is 67.1 Å². The first kappa shape index (κ1) is 15.8. The number of rotatable bonds is 4. The van der Waals surface area contributed by atoms with Crippen LogP contribution in [0.5, 0.6) is 0 Å². The lowest BCUT2D eigenvalue weighted by molar-refractivity contribution is 0.227. The van der Waals surface area contributed by atoms with Gasteiger partial charge in [0.15, 0.2) is 11.6 Å². The van der Waals surface area contributed by atoms with Gasteiger partial charge in [-0.25, -0.2) is 13.6 Å². The van der Waals surface area contributed by atoms with E-state index in [1.165, 1.54) is 6.07 Å². The molecule has 8 heteroatoms. The summed E-state index contributed by atoms with van der Waals surface area (Å²) < 4.78 is 33.7. The molecule has 0 bridgehead atoms. The fraction of sp³-hybridized carbons (Fsp3) is 0.294. The zero-order valence-corrected chi connectivity index (χ0v) is 13.3. The first-order chi connectivity index (χ1) is 12.1. The van der Waals surface area contributed by atoms with Gasteiger partial charge in [-0.15, -0.1) is 0 Å². The molecule has 2 aromatic heterocycles. The molecule has 1 N–H and O–H groups in total. The molecule has 0 fully saturated rings. The Morgan fingerprint density at radius 2 is 2.12 bits per heavy atom. The molecule has 0 atom stereocenters. The van der Waals surface area contributed by atoms with Crippen LogP contribution in [-0.4, -0.2) is 32.7 Å². The summed E-state index contributed by atoms with van der Waals surface area (Å²) >= 11 is 0. The summed E-state index contributed by atoms with van der Waals surface area (Å²) in [7, 11) is 0. The molecule has 4 rings (SSSR count). The maximum atomic E-state index is 13.5. The predicted octanol–water partition coefficient (Wildman–Crippen LogP) is 2.17. The van der Waals surface area contributed by atoms with Crippen LogP contribution in [0.25, 0.3) is 11.3 Å². The highest BCUT2D eigenvalue weighted by Crippen LogP contribution is 2.30. The fourth-order valence-corrected chi connectivity index (χ4v) is 3.10. The van der Waals surface area contributed by atoms with Crippen molar-refractivity contribution in [2.45, 2.75) is 19.5 Å². The number of hydrogen-bond acceptors (Lipinski definition) is 4. The minimum absolute atomic E-state index is 0.134. The van der Waals surface area contributed by atoms with Gasteiger partial charge in [0.25, 0.3) is 0 Å². The van der Waals surface area contributed by atoms with Crippen LogP contribution in [0.2, 0.25) is 0 Å². The van der Waals surface area contributed by atoms with Crippen LogP contribution >= 0.6 is 0 Å². The number of H-pyrrole nitrogens is 1. The molecular formula is C17H16F2N4O2. The lowest BCUT2D eigenvalue weighted by atomic mass is 10.0. The van der Waals surface area contributed by atoms with Gasteiger partial charge >= 0.3 is 5.69 Å². The maximum absolute atomic E-state index is 13.5. The zero-order valence-electron chi connectivity index (χ0n) is 13.3. The van der Waals surface area contributed by atoms with Crippen molar-refractivity contribution < 1.29 is 13.3 Å². The summed E-state index contributed by atoms with van der Waals surface area (Å²) in [5.74, 6) is -1.02. The quantitative estimate of drug-likeness (QED) is 0.786.